The van der Waals surface area contributed by atoms with Crippen molar-refractivity contribution in [1.29, 1.82) is 0 Å². The van der Waals surface area contributed by atoms with E-state index in [4.69, 9.17) is 0 Å². The highest BCUT2D eigenvalue weighted by atomic mass is 32.2. The number of nitrogens with one attached hydrogen (secondary N) is 1. The van der Waals surface area contributed by atoms with Crippen molar-refractivity contribution in [3.05, 3.63) is 29.8 Å². The molecule has 0 spiro atoms. The molecule has 5 heteroatoms. The van der Waals surface area contributed by atoms with Crippen molar-refractivity contribution in [1.82, 2.24) is 4.31 Å². The summed E-state index contributed by atoms with van der Waals surface area (Å²) < 4.78 is 27.8. The van der Waals surface area contributed by atoms with Gasteiger partial charge in [-0.15, -0.1) is 0 Å². The number of hydrogen-bond donors (Lipinski definition) is 1. The van der Waals surface area contributed by atoms with E-state index < -0.39 is 10.2 Å². The van der Waals surface area contributed by atoms with Crippen LogP contribution in [0.5, 0.6) is 0 Å². The summed E-state index contributed by atoms with van der Waals surface area (Å²) in [6, 6.07) is 7.53. The average molecular weight is 254 g/mol. The van der Waals surface area contributed by atoms with E-state index in [0.29, 0.717) is 18.8 Å². The fraction of sp³-hybridized carbons (Fsp3) is 0.500. The molecule has 0 saturated carbocycles. The Hall–Kier alpha value is -1.07. The SMILES string of the molecule is CC(C)(C)c1ccccc1NS(=O)(=O)N1CC1. The molecule has 1 aromatic rings. The fourth-order valence-corrected chi connectivity index (χ4v) is 2.86. The fourth-order valence-electron chi connectivity index (χ4n) is 1.71. The summed E-state index contributed by atoms with van der Waals surface area (Å²) in [4.78, 5) is 0. The third-order valence-corrected chi connectivity index (χ3v) is 4.24. The van der Waals surface area contributed by atoms with Crippen molar-refractivity contribution in [3.63, 3.8) is 0 Å². The normalized spacial score (nSPS) is 16.9. The number of nitrogens with zero attached hydrogens (tertiary/aromatic N) is 1. The van der Waals surface area contributed by atoms with Gasteiger partial charge in [-0.2, -0.15) is 12.7 Å². The Bertz CT molecular complexity index is 514. The van der Waals surface area contributed by atoms with Crippen LogP contribution < -0.4 is 4.72 Å². The van der Waals surface area contributed by atoms with E-state index in [1.807, 2.05) is 24.3 Å². The molecule has 4 nitrogen and oxygen atoms in total. The van der Waals surface area contributed by atoms with Gasteiger partial charge in [-0.3, -0.25) is 4.72 Å². The molecule has 1 N–H and O–H groups in total. The lowest BCUT2D eigenvalue weighted by Crippen LogP contribution is -2.23. The van der Waals surface area contributed by atoms with Crippen LogP contribution in [0.25, 0.3) is 0 Å². The van der Waals surface area contributed by atoms with Gasteiger partial charge in [0.25, 0.3) is 0 Å². The summed E-state index contributed by atoms with van der Waals surface area (Å²) in [5.41, 5.74) is 1.59. The summed E-state index contributed by atoms with van der Waals surface area (Å²) in [5, 5.41) is 0. The minimum Gasteiger partial charge on any atom is -0.271 e. The monoisotopic (exact) mass is 254 g/mol. The van der Waals surface area contributed by atoms with Crippen LogP contribution in [0, 0.1) is 0 Å². The van der Waals surface area contributed by atoms with E-state index in [2.05, 4.69) is 25.5 Å². The topological polar surface area (TPSA) is 49.2 Å². The van der Waals surface area contributed by atoms with Gasteiger partial charge < -0.3 is 0 Å². The third kappa shape index (κ3) is 2.79. The quantitative estimate of drug-likeness (QED) is 0.838. The van der Waals surface area contributed by atoms with Crippen molar-refractivity contribution >= 4 is 15.9 Å². The standard InChI is InChI=1S/C12H18N2O2S/c1-12(2,3)10-6-4-5-7-11(10)13-17(15,16)14-8-9-14/h4-7,13H,8-9H2,1-3H3. The van der Waals surface area contributed by atoms with Gasteiger partial charge in [0.05, 0.1) is 5.69 Å². The molecule has 0 atom stereocenters. The number of rotatable bonds is 3. The average Bonchev–Trinajstić information content (AvgIpc) is 2.99. The maximum atomic E-state index is 11.9. The molecule has 1 aromatic carbocycles. The van der Waals surface area contributed by atoms with Crippen LogP contribution >= 0.6 is 0 Å². The number of hydrogen-bond acceptors (Lipinski definition) is 2. The van der Waals surface area contributed by atoms with Crippen molar-refractivity contribution in [3.8, 4) is 0 Å². The zero-order valence-corrected chi connectivity index (χ0v) is 11.2. The Morgan fingerprint density at radius 1 is 1.18 bits per heavy atom. The molecule has 94 valence electrons. The lowest BCUT2D eigenvalue weighted by Gasteiger charge is -2.23. The third-order valence-electron chi connectivity index (χ3n) is 2.72. The predicted molar refractivity (Wildman–Crippen MR) is 69.3 cm³/mol. The number of benzene rings is 1. The molecule has 17 heavy (non-hydrogen) atoms. The van der Waals surface area contributed by atoms with E-state index in [1.165, 1.54) is 4.31 Å². The Morgan fingerprint density at radius 2 is 1.76 bits per heavy atom. The van der Waals surface area contributed by atoms with Gasteiger partial charge in [-0.1, -0.05) is 39.0 Å². The summed E-state index contributed by atoms with van der Waals surface area (Å²) >= 11 is 0. The molecule has 0 amide bonds. The molecule has 1 aliphatic rings. The first-order chi connectivity index (χ1) is 7.81. The Morgan fingerprint density at radius 3 is 2.29 bits per heavy atom. The van der Waals surface area contributed by atoms with Crippen LogP contribution in [0.15, 0.2) is 24.3 Å². The van der Waals surface area contributed by atoms with E-state index in [1.54, 1.807) is 0 Å². The van der Waals surface area contributed by atoms with Gasteiger partial charge >= 0.3 is 10.2 Å². The largest absolute Gasteiger partial charge is 0.301 e. The van der Waals surface area contributed by atoms with Gasteiger partial charge in [0, 0.05) is 13.1 Å². The molecule has 2 rings (SSSR count). The second kappa shape index (κ2) is 3.99. The second-order valence-electron chi connectivity index (χ2n) is 5.30. The minimum absolute atomic E-state index is 0.0853. The Balaban J connectivity index is 2.33. The van der Waals surface area contributed by atoms with Crippen molar-refractivity contribution in [2.24, 2.45) is 0 Å². The Labute approximate surface area is 103 Å². The van der Waals surface area contributed by atoms with E-state index >= 15 is 0 Å². The first-order valence-electron chi connectivity index (χ1n) is 5.68. The lowest BCUT2D eigenvalue weighted by atomic mass is 9.86. The first-order valence-corrected chi connectivity index (χ1v) is 7.12. The molecule has 1 fully saturated rings. The first kappa shape index (κ1) is 12.4. The molecule has 1 aliphatic heterocycles. The van der Waals surface area contributed by atoms with Gasteiger partial charge in [-0.25, -0.2) is 0 Å². The highest BCUT2D eigenvalue weighted by molar-refractivity contribution is 7.90. The summed E-state index contributed by atoms with van der Waals surface area (Å²) in [6.07, 6.45) is 0. The molecule has 0 aromatic heterocycles. The number of anilines is 1. The van der Waals surface area contributed by atoms with Crippen LogP contribution in [0.4, 0.5) is 5.69 Å². The van der Waals surface area contributed by atoms with E-state index in [9.17, 15) is 8.42 Å². The van der Waals surface area contributed by atoms with Crippen LogP contribution in [-0.2, 0) is 15.6 Å². The second-order valence-corrected chi connectivity index (χ2v) is 6.97. The summed E-state index contributed by atoms with van der Waals surface area (Å²) in [6.45, 7) is 7.44. The molecule has 1 heterocycles. The van der Waals surface area contributed by atoms with E-state index in [0.717, 1.165) is 5.56 Å². The smallest absolute Gasteiger partial charge is 0.271 e. The molecule has 0 unspecified atom stereocenters. The van der Waals surface area contributed by atoms with Crippen molar-refractivity contribution < 1.29 is 8.42 Å². The number of para-hydroxylation sites is 1. The van der Waals surface area contributed by atoms with Gasteiger partial charge in [-0.05, 0) is 17.0 Å². The molecular formula is C12H18N2O2S. The minimum atomic E-state index is -3.34. The predicted octanol–water partition coefficient (Wildman–Crippen LogP) is 1.96. The zero-order valence-electron chi connectivity index (χ0n) is 10.4. The zero-order chi connectivity index (χ0) is 12.7. The van der Waals surface area contributed by atoms with Gasteiger partial charge in [0.15, 0.2) is 0 Å². The van der Waals surface area contributed by atoms with Gasteiger partial charge in [0.2, 0.25) is 0 Å². The van der Waals surface area contributed by atoms with Crippen molar-refractivity contribution in [2.45, 2.75) is 26.2 Å². The lowest BCUT2D eigenvalue weighted by molar-refractivity contribution is 0.568. The highest BCUT2D eigenvalue weighted by Gasteiger charge is 2.32. The maximum Gasteiger partial charge on any atom is 0.301 e. The Kier molecular flexibility index (Phi) is 2.91. The maximum absolute atomic E-state index is 11.9. The van der Waals surface area contributed by atoms with Crippen LogP contribution in [-0.4, -0.2) is 25.8 Å². The van der Waals surface area contributed by atoms with Gasteiger partial charge in [0.1, 0.15) is 0 Å². The molecule has 0 radical (unpaired) electrons. The van der Waals surface area contributed by atoms with Crippen LogP contribution in [0.3, 0.4) is 0 Å². The van der Waals surface area contributed by atoms with Crippen molar-refractivity contribution in [2.75, 3.05) is 17.8 Å². The van der Waals surface area contributed by atoms with Crippen LogP contribution in [0.1, 0.15) is 26.3 Å². The molecular weight excluding hydrogens is 236 g/mol. The highest BCUT2D eigenvalue weighted by Crippen LogP contribution is 2.30. The van der Waals surface area contributed by atoms with Crippen LogP contribution in [0.2, 0.25) is 0 Å². The summed E-state index contributed by atoms with van der Waals surface area (Å²) in [7, 11) is -3.34. The molecule has 1 saturated heterocycles. The molecule has 0 bridgehead atoms. The van der Waals surface area contributed by atoms with E-state index in [-0.39, 0.29) is 5.41 Å². The summed E-state index contributed by atoms with van der Waals surface area (Å²) in [5.74, 6) is 0. The molecule has 0 aliphatic carbocycles.